The Kier molecular flexibility index (Phi) is 4.08. The van der Waals surface area contributed by atoms with Crippen LogP contribution in [0.25, 0.3) is 0 Å². The number of methoxy groups -OCH3 is 1. The molecule has 0 saturated heterocycles. The number of hydrogen-bond acceptors (Lipinski definition) is 3. The quantitative estimate of drug-likeness (QED) is 0.496. The first-order valence-electron chi connectivity index (χ1n) is 5.14. The summed E-state index contributed by atoms with van der Waals surface area (Å²) in [5.74, 6) is -1.35. The maximum Gasteiger partial charge on any atom is 0.319 e. The standard InChI is InChI=1S/C10H17NO4/c1-15-7-3-6-11-8(12)10(9(13)14)4-2-5-10/h2-7H2,1H3,(H,11,12)(H,13,14). The van der Waals surface area contributed by atoms with Crippen molar-refractivity contribution in [2.45, 2.75) is 25.7 Å². The number of hydrogen-bond donors (Lipinski definition) is 2. The van der Waals surface area contributed by atoms with E-state index in [1.54, 1.807) is 7.11 Å². The molecule has 0 radical (unpaired) electrons. The van der Waals surface area contributed by atoms with E-state index in [0.717, 1.165) is 6.42 Å². The summed E-state index contributed by atoms with van der Waals surface area (Å²) in [5.41, 5.74) is -1.15. The zero-order chi connectivity index (χ0) is 11.3. The fourth-order valence-electron chi connectivity index (χ4n) is 1.66. The smallest absolute Gasteiger partial charge is 0.319 e. The van der Waals surface area contributed by atoms with Gasteiger partial charge in [0.25, 0.3) is 0 Å². The summed E-state index contributed by atoms with van der Waals surface area (Å²) in [6.07, 6.45) is 2.44. The van der Waals surface area contributed by atoms with Gasteiger partial charge in [-0.2, -0.15) is 0 Å². The minimum Gasteiger partial charge on any atom is -0.480 e. The van der Waals surface area contributed by atoms with Gasteiger partial charge in [0.15, 0.2) is 0 Å². The molecule has 1 aliphatic rings. The Morgan fingerprint density at radius 2 is 2.13 bits per heavy atom. The Balaban J connectivity index is 2.35. The van der Waals surface area contributed by atoms with Crippen LogP contribution in [0.5, 0.6) is 0 Å². The van der Waals surface area contributed by atoms with E-state index < -0.39 is 11.4 Å². The monoisotopic (exact) mass is 215 g/mol. The van der Waals surface area contributed by atoms with E-state index in [2.05, 4.69) is 5.32 Å². The first kappa shape index (κ1) is 12.0. The third kappa shape index (κ3) is 2.47. The van der Waals surface area contributed by atoms with Crippen molar-refractivity contribution >= 4 is 11.9 Å². The molecule has 0 aliphatic heterocycles. The number of carbonyl (C=O) groups is 2. The van der Waals surface area contributed by atoms with Gasteiger partial charge in [0, 0.05) is 20.3 Å². The normalized spacial score (nSPS) is 17.9. The summed E-state index contributed by atoms with van der Waals surface area (Å²) in [6, 6.07) is 0. The third-order valence-electron chi connectivity index (χ3n) is 2.86. The highest BCUT2D eigenvalue weighted by molar-refractivity contribution is 6.02. The Bertz CT molecular complexity index is 248. The van der Waals surface area contributed by atoms with Gasteiger partial charge in [-0.3, -0.25) is 9.59 Å². The van der Waals surface area contributed by atoms with Crippen LogP contribution in [0.4, 0.5) is 0 Å². The van der Waals surface area contributed by atoms with Crippen LogP contribution in [0, 0.1) is 5.41 Å². The number of carbonyl (C=O) groups excluding carboxylic acids is 1. The number of amides is 1. The van der Waals surface area contributed by atoms with Gasteiger partial charge in [-0.1, -0.05) is 6.42 Å². The zero-order valence-corrected chi connectivity index (χ0v) is 8.91. The highest BCUT2D eigenvalue weighted by atomic mass is 16.5. The van der Waals surface area contributed by atoms with Gasteiger partial charge < -0.3 is 15.2 Å². The van der Waals surface area contributed by atoms with Gasteiger partial charge >= 0.3 is 5.97 Å². The summed E-state index contributed by atoms with van der Waals surface area (Å²) < 4.78 is 4.83. The molecule has 5 heteroatoms. The predicted molar refractivity (Wildman–Crippen MR) is 53.4 cm³/mol. The third-order valence-corrected chi connectivity index (χ3v) is 2.86. The van der Waals surface area contributed by atoms with Crippen molar-refractivity contribution in [1.29, 1.82) is 0 Å². The Hall–Kier alpha value is -1.10. The molecule has 0 aromatic carbocycles. The second-order valence-electron chi connectivity index (χ2n) is 3.84. The van der Waals surface area contributed by atoms with Crippen LogP contribution in [0.15, 0.2) is 0 Å². The lowest BCUT2D eigenvalue weighted by molar-refractivity contribution is -0.162. The fraction of sp³-hybridized carbons (Fsp3) is 0.800. The summed E-state index contributed by atoms with van der Waals surface area (Å²) in [5, 5.41) is 11.6. The van der Waals surface area contributed by atoms with Crippen molar-refractivity contribution in [3.63, 3.8) is 0 Å². The summed E-state index contributed by atoms with van der Waals surface area (Å²) in [4.78, 5) is 22.6. The van der Waals surface area contributed by atoms with Crippen LogP contribution in [0.1, 0.15) is 25.7 Å². The average Bonchev–Trinajstić information content (AvgIpc) is 2.10. The molecule has 1 rings (SSSR count). The molecular formula is C10H17NO4. The molecule has 0 bridgehead atoms. The second-order valence-corrected chi connectivity index (χ2v) is 3.84. The molecule has 0 unspecified atom stereocenters. The second kappa shape index (κ2) is 5.11. The van der Waals surface area contributed by atoms with E-state index in [1.807, 2.05) is 0 Å². The van der Waals surface area contributed by atoms with E-state index in [-0.39, 0.29) is 5.91 Å². The molecule has 2 N–H and O–H groups in total. The van der Waals surface area contributed by atoms with E-state index >= 15 is 0 Å². The van der Waals surface area contributed by atoms with Gasteiger partial charge in [-0.25, -0.2) is 0 Å². The van der Waals surface area contributed by atoms with E-state index in [0.29, 0.717) is 32.4 Å². The van der Waals surface area contributed by atoms with E-state index in [4.69, 9.17) is 9.84 Å². The summed E-state index contributed by atoms with van der Waals surface area (Å²) >= 11 is 0. The van der Waals surface area contributed by atoms with Gasteiger partial charge in [0.05, 0.1) is 0 Å². The predicted octanol–water partition coefficient (Wildman–Crippen LogP) is 0.394. The molecular weight excluding hydrogens is 198 g/mol. The van der Waals surface area contributed by atoms with Crippen LogP contribution >= 0.6 is 0 Å². The van der Waals surface area contributed by atoms with Gasteiger partial charge in [-0.15, -0.1) is 0 Å². The maximum absolute atomic E-state index is 11.6. The molecule has 1 aliphatic carbocycles. The van der Waals surface area contributed by atoms with Crippen LogP contribution in [-0.4, -0.2) is 37.2 Å². The molecule has 15 heavy (non-hydrogen) atoms. The van der Waals surface area contributed by atoms with Gasteiger partial charge in [0.1, 0.15) is 5.41 Å². The molecule has 0 aromatic rings. The molecule has 0 heterocycles. The van der Waals surface area contributed by atoms with E-state index in [1.165, 1.54) is 0 Å². The molecule has 0 aromatic heterocycles. The fourth-order valence-corrected chi connectivity index (χ4v) is 1.66. The largest absolute Gasteiger partial charge is 0.480 e. The number of rotatable bonds is 6. The minimum atomic E-state index is -1.15. The topological polar surface area (TPSA) is 75.6 Å². The van der Waals surface area contributed by atoms with E-state index in [9.17, 15) is 9.59 Å². The van der Waals surface area contributed by atoms with Crippen LogP contribution in [0.3, 0.4) is 0 Å². The minimum absolute atomic E-state index is 0.350. The van der Waals surface area contributed by atoms with Crippen LogP contribution in [-0.2, 0) is 14.3 Å². The maximum atomic E-state index is 11.6. The lowest BCUT2D eigenvalue weighted by Crippen LogP contribution is -2.51. The zero-order valence-electron chi connectivity index (χ0n) is 8.91. The van der Waals surface area contributed by atoms with Crippen molar-refractivity contribution in [3.8, 4) is 0 Å². The summed E-state index contributed by atoms with van der Waals surface area (Å²) in [6.45, 7) is 1.04. The number of nitrogens with one attached hydrogen (secondary N) is 1. The molecule has 1 saturated carbocycles. The summed E-state index contributed by atoms with van der Waals surface area (Å²) in [7, 11) is 1.59. The molecule has 0 spiro atoms. The number of carboxylic acids is 1. The molecule has 5 nitrogen and oxygen atoms in total. The number of carboxylic acid groups (broad SMARTS) is 1. The molecule has 1 amide bonds. The SMILES string of the molecule is COCCCNC(=O)C1(C(=O)O)CCC1. The number of ether oxygens (including phenoxy) is 1. The van der Waals surface area contributed by atoms with Crippen LogP contribution < -0.4 is 5.32 Å². The van der Waals surface area contributed by atoms with Crippen molar-refractivity contribution in [2.24, 2.45) is 5.41 Å². The van der Waals surface area contributed by atoms with Crippen LogP contribution in [0.2, 0.25) is 0 Å². The van der Waals surface area contributed by atoms with Crippen molar-refractivity contribution in [1.82, 2.24) is 5.32 Å². The number of aliphatic carboxylic acids is 1. The molecule has 86 valence electrons. The van der Waals surface area contributed by atoms with Crippen molar-refractivity contribution in [2.75, 3.05) is 20.3 Å². The highest BCUT2D eigenvalue weighted by Crippen LogP contribution is 2.41. The Morgan fingerprint density at radius 1 is 1.47 bits per heavy atom. The van der Waals surface area contributed by atoms with Crippen molar-refractivity contribution in [3.05, 3.63) is 0 Å². The Morgan fingerprint density at radius 3 is 2.53 bits per heavy atom. The first-order valence-corrected chi connectivity index (χ1v) is 5.14. The lowest BCUT2D eigenvalue weighted by atomic mass is 9.68. The lowest BCUT2D eigenvalue weighted by Gasteiger charge is -2.35. The first-order chi connectivity index (χ1) is 7.13. The Labute approximate surface area is 88.8 Å². The van der Waals surface area contributed by atoms with Gasteiger partial charge in [0.2, 0.25) is 5.91 Å². The average molecular weight is 215 g/mol. The molecule has 1 fully saturated rings. The highest BCUT2D eigenvalue weighted by Gasteiger charge is 2.50. The van der Waals surface area contributed by atoms with Gasteiger partial charge in [-0.05, 0) is 19.3 Å². The molecule has 0 atom stereocenters. The van der Waals surface area contributed by atoms with Crippen molar-refractivity contribution < 1.29 is 19.4 Å².